The van der Waals surface area contributed by atoms with Crippen LogP contribution in [0.5, 0.6) is 17.2 Å². The number of methoxy groups -OCH3 is 3. The molecule has 1 aliphatic heterocycles. The van der Waals surface area contributed by atoms with Crippen molar-refractivity contribution < 1.29 is 22.6 Å². The zero-order chi connectivity index (χ0) is 20.9. The molecule has 0 spiro atoms. The average molecular weight is 421 g/mol. The summed E-state index contributed by atoms with van der Waals surface area (Å²) in [5.41, 5.74) is 1.13. The number of sulfonamides is 1. The second-order valence-electron chi connectivity index (χ2n) is 6.89. The third-order valence-corrected chi connectivity index (χ3v) is 7.07. The molecule has 1 aliphatic rings. The standard InChI is InChI=1S/C21H28N2O5S/c1-26-18-4-6-21(7-5-18)29(24,25)23-12-10-22(11-13-23)9-8-17-14-19(27-2)16-20(15-17)28-3/h4-7,14-16H,8-13H2,1-3H3. The first-order chi connectivity index (χ1) is 14.0. The lowest BCUT2D eigenvalue weighted by molar-refractivity contribution is 0.190. The van der Waals surface area contributed by atoms with E-state index in [1.165, 1.54) is 0 Å². The van der Waals surface area contributed by atoms with Gasteiger partial charge in [-0.2, -0.15) is 4.31 Å². The van der Waals surface area contributed by atoms with Gasteiger partial charge in [0.1, 0.15) is 17.2 Å². The van der Waals surface area contributed by atoms with Gasteiger partial charge < -0.3 is 19.1 Å². The van der Waals surface area contributed by atoms with Crippen molar-refractivity contribution in [1.82, 2.24) is 9.21 Å². The van der Waals surface area contributed by atoms with E-state index in [4.69, 9.17) is 14.2 Å². The molecule has 1 fully saturated rings. The molecule has 0 bridgehead atoms. The summed E-state index contributed by atoms with van der Waals surface area (Å²) in [6, 6.07) is 12.4. The first kappa shape index (κ1) is 21.4. The van der Waals surface area contributed by atoms with E-state index in [0.29, 0.717) is 36.8 Å². The molecule has 0 radical (unpaired) electrons. The third-order valence-electron chi connectivity index (χ3n) is 5.16. The Morgan fingerprint density at radius 2 is 1.34 bits per heavy atom. The highest BCUT2D eigenvalue weighted by Gasteiger charge is 2.28. The van der Waals surface area contributed by atoms with Crippen LogP contribution in [0.3, 0.4) is 0 Å². The van der Waals surface area contributed by atoms with E-state index < -0.39 is 10.0 Å². The lowest BCUT2D eigenvalue weighted by Gasteiger charge is -2.34. The Labute approximate surface area is 172 Å². The van der Waals surface area contributed by atoms with Crippen molar-refractivity contribution in [2.75, 3.05) is 54.1 Å². The van der Waals surface area contributed by atoms with Gasteiger partial charge >= 0.3 is 0 Å². The first-order valence-corrected chi connectivity index (χ1v) is 11.0. The Kier molecular flexibility index (Phi) is 7.00. The largest absolute Gasteiger partial charge is 0.497 e. The van der Waals surface area contributed by atoms with Crippen LogP contribution in [-0.2, 0) is 16.4 Å². The minimum atomic E-state index is -3.48. The zero-order valence-electron chi connectivity index (χ0n) is 17.1. The van der Waals surface area contributed by atoms with Crippen LogP contribution in [0.15, 0.2) is 47.4 Å². The lowest BCUT2D eigenvalue weighted by atomic mass is 10.1. The lowest BCUT2D eigenvalue weighted by Crippen LogP contribution is -2.48. The second-order valence-corrected chi connectivity index (χ2v) is 8.83. The van der Waals surface area contributed by atoms with Crippen LogP contribution in [-0.4, -0.2) is 71.7 Å². The maximum Gasteiger partial charge on any atom is 0.243 e. The molecule has 0 amide bonds. The van der Waals surface area contributed by atoms with Gasteiger partial charge in [0.25, 0.3) is 0 Å². The van der Waals surface area contributed by atoms with Crippen molar-refractivity contribution in [3.05, 3.63) is 48.0 Å². The first-order valence-electron chi connectivity index (χ1n) is 9.55. The van der Waals surface area contributed by atoms with E-state index in [2.05, 4.69) is 4.90 Å². The van der Waals surface area contributed by atoms with Crippen LogP contribution in [0.1, 0.15) is 5.56 Å². The number of nitrogens with zero attached hydrogens (tertiary/aromatic N) is 2. The van der Waals surface area contributed by atoms with Crippen LogP contribution in [0.2, 0.25) is 0 Å². The van der Waals surface area contributed by atoms with Crippen molar-refractivity contribution in [3.8, 4) is 17.2 Å². The minimum absolute atomic E-state index is 0.301. The molecule has 0 unspecified atom stereocenters. The molecule has 3 rings (SSSR count). The molecule has 1 saturated heterocycles. The van der Waals surface area contributed by atoms with Gasteiger partial charge in [-0.15, -0.1) is 0 Å². The molecular weight excluding hydrogens is 392 g/mol. The van der Waals surface area contributed by atoms with Crippen molar-refractivity contribution in [3.63, 3.8) is 0 Å². The van der Waals surface area contributed by atoms with Crippen LogP contribution in [0.25, 0.3) is 0 Å². The van der Waals surface area contributed by atoms with Crippen molar-refractivity contribution in [1.29, 1.82) is 0 Å². The summed E-state index contributed by atoms with van der Waals surface area (Å²) >= 11 is 0. The summed E-state index contributed by atoms with van der Waals surface area (Å²) in [6.07, 6.45) is 0.846. The van der Waals surface area contributed by atoms with Crippen LogP contribution in [0, 0.1) is 0 Å². The molecule has 1 heterocycles. The zero-order valence-corrected chi connectivity index (χ0v) is 17.9. The average Bonchev–Trinajstić information content (AvgIpc) is 2.77. The van der Waals surface area contributed by atoms with Gasteiger partial charge in [-0.25, -0.2) is 8.42 Å². The predicted molar refractivity (Wildman–Crippen MR) is 111 cm³/mol. The number of benzene rings is 2. The van der Waals surface area contributed by atoms with Gasteiger partial charge in [-0.05, 0) is 48.4 Å². The van der Waals surface area contributed by atoms with Gasteiger partial charge in [0.05, 0.1) is 26.2 Å². The molecule has 0 atom stereocenters. The van der Waals surface area contributed by atoms with Crippen molar-refractivity contribution in [2.24, 2.45) is 0 Å². The SMILES string of the molecule is COc1ccc(S(=O)(=O)N2CCN(CCc3cc(OC)cc(OC)c3)CC2)cc1. The van der Waals surface area contributed by atoms with E-state index >= 15 is 0 Å². The Morgan fingerprint density at radius 1 is 0.793 bits per heavy atom. The highest BCUT2D eigenvalue weighted by Crippen LogP contribution is 2.24. The molecule has 0 aliphatic carbocycles. The summed E-state index contributed by atoms with van der Waals surface area (Å²) in [5.74, 6) is 2.19. The van der Waals surface area contributed by atoms with Crippen molar-refractivity contribution >= 4 is 10.0 Å². The number of hydrogen-bond donors (Lipinski definition) is 0. The number of piperazine rings is 1. The van der Waals surface area contributed by atoms with Gasteiger partial charge in [0.15, 0.2) is 0 Å². The van der Waals surface area contributed by atoms with Crippen molar-refractivity contribution in [2.45, 2.75) is 11.3 Å². The van der Waals surface area contributed by atoms with Crippen LogP contribution in [0.4, 0.5) is 0 Å². The number of hydrogen-bond acceptors (Lipinski definition) is 6. The van der Waals surface area contributed by atoms with E-state index in [1.54, 1.807) is 49.9 Å². The highest BCUT2D eigenvalue weighted by atomic mass is 32.2. The van der Waals surface area contributed by atoms with E-state index in [0.717, 1.165) is 30.0 Å². The monoisotopic (exact) mass is 420 g/mol. The predicted octanol–water partition coefficient (Wildman–Crippen LogP) is 2.26. The molecular formula is C21H28N2O5S. The minimum Gasteiger partial charge on any atom is -0.497 e. The van der Waals surface area contributed by atoms with Gasteiger partial charge in [-0.1, -0.05) is 0 Å². The fourth-order valence-electron chi connectivity index (χ4n) is 3.39. The highest BCUT2D eigenvalue weighted by molar-refractivity contribution is 7.89. The Balaban J connectivity index is 1.56. The number of rotatable bonds is 8. The molecule has 2 aromatic rings. The summed E-state index contributed by atoms with van der Waals surface area (Å²) in [5, 5.41) is 0. The molecule has 2 aromatic carbocycles. The molecule has 8 heteroatoms. The molecule has 29 heavy (non-hydrogen) atoms. The summed E-state index contributed by atoms with van der Waals surface area (Å²) < 4.78 is 43.0. The second kappa shape index (κ2) is 9.47. The van der Waals surface area contributed by atoms with E-state index in [9.17, 15) is 8.42 Å². The summed E-state index contributed by atoms with van der Waals surface area (Å²) in [7, 11) is 1.36. The molecule has 7 nitrogen and oxygen atoms in total. The Bertz CT molecular complexity index is 885. The van der Waals surface area contributed by atoms with E-state index in [1.807, 2.05) is 18.2 Å². The third kappa shape index (κ3) is 5.20. The fraction of sp³-hybridized carbons (Fsp3) is 0.429. The van der Waals surface area contributed by atoms with Gasteiger partial charge in [0.2, 0.25) is 10.0 Å². The fourth-order valence-corrected chi connectivity index (χ4v) is 4.81. The number of ether oxygens (including phenoxy) is 3. The summed E-state index contributed by atoms with van der Waals surface area (Å²) in [6.45, 7) is 3.23. The topological polar surface area (TPSA) is 68.3 Å². The van der Waals surface area contributed by atoms with Crippen LogP contribution >= 0.6 is 0 Å². The Hall–Kier alpha value is -2.29. The normalized spacial score (nSPS) is 15.8. The molecule has 0 aromatic heterocycles. The van der Waals surface area contributed by atoms with Gasteiger partial charge in [-0.3, -0.25) is 0 Å². The maximum absolute atomic E-state index is 12.9. The summed E-state index contributed by atoms with van der Waals surface area (Å²) in [4.78, 5) is 2.58. The van der Waals surface area contributed by atoms with Gasteiger partial charge in [0, 0.05) is 38.8 Å². The van der Waals surface area contributed by atoms with E-state index in [-0.39, 0.29) is 0 Å². The molecule has 0 saturated carbocycles. The Morgan fingerprint density at radius 3 is 1.86 bits per heavy atom. The molecule has 0 N–H and O–H groups in total. The quantitative estimate of drug-likeness (QED) is 0.653. The maximum atomic E-state index is 12.9. The smallest absolute Gasteiger partial charge is 0.243 e. The molecule has 158 valence electrons. The van der Waals surface area contributed by atoms with Crippen LogP contribution < -0.4 is 14.2 Å².